The van der Waals surface area contributed by atoms with Gasteiger partial charge in [0.25, 0.3) is 5.56 Å². The third-order valence-electron chi connectivity index (χ3n) is 4.40. The second kappa shape index (κ2) is 7.14. The van der Waals surface area contributed by atoms with Gasteiger partial charge in [-0.2, -0.15) is 0 Å². The number of thioether (sulfide) groups is 1. The van der Waals surface area contributed by atoms with E-state index in [1.165, 1.54) is 33.7 Å². The number of rotatable bonds is 4. The molecule has 1 aromatic carbocycles. The summed E-state index contributed by atoms with van der Waals surface area (Å²) in [6.45, 7) is 2.00. The van der Waals surface area contributed by atoms with Gasteiger partial charge in [-0.05, 0) is 41.1 Å². The minimum absolute atomic E-state index is 0.0724. The highest BCUT2D eigenvalue weighted by atomic mass is 35.5. The average molecular weight is 419 g/mol. The number of fused-ring (bicyclic) bond motifs is 2. The molecule has 3 aromatic heterocycles. The maximum Gasteiger partial charge on any atom is 0.336 e. The van der Waals surface area contributed by atoms with E-state index in [-0.39, 0.29) is 5.56 Å². The quantitative estimate of drug-likeness (QED) is 0.275. The Morgan fingerprint density at radius 1 is 1.22 bits per heavy atom. The molecule has 138 valence electrons. The van der Waals surface area contributed by atoms with Gasteiger partial charge in [-0.25, -0.2) is 9.78 Å². The second-order valence-corrected chi connectivity index (χ2v) is 8.31. The van der Waals surface area contributed by atoms with E-state index >= 15 is 0 Å². The van der Waals surface area contributed by atoms with Crippen LogP contribution in [-0.2, 0) is 19.2 Å². The summed E-state index contributed by atoms with van der Waals surface area (Å²) in [4.78, 5) is 29.7. The number of benzene rings is 1. The summed E-state index contributed by atoms with van der Waals surface area (Å²) in [5, 5.41) is 4.53. The van der Waals surface area contributed by atoms with Crippen LogP contribution in [0.5, 0.6) is 0 Å². The van der Waals surface area contributed by atoms with Crippen molar-refractivity contribution in [2.45, 2.75) is 24.3 Å². The summed E-state index contributed by atoms with van der Waals surface area (Å²) in [7, 11) is 1.70. The highest BCUT2D eigenvalue weighted by Crippen LogP contribution is 2.30. The van der Waals surface area contributed by atoms with E-state index < -0.39 is 5.63 Å². The molecular formula is C19H15ClN2O3S2. The summed E-state index contributed by atoms with van der Waals surface area (Å²) in [5.74, 6) is 0.473. The number of aromatic nitrogens is 2. The Morgan fingerprint density at radius 2 is 2.04 bits per heavy atom. The Balaban J connectivity index is 1.76. The lowest BCUT2D eigenvalue weighted by Gasteiger charge is -2.10. The van der Waals surface area contributed by atoms with Gasteiger partial charge >= 0.3 is 5.63 Å². The zero-order valence-electron chi connectivity index (χ0n) is 14.6. The largest absolute Gasteiger partial charge is 0.423 e. The summed E-state index contributed by atoms with van der Waals surface area (Å²) in [5.41, 5.74) is 1.78. The van der Waals surface area contributed by atoms with Crippen molar-refractivity contribution in [3.05, 3.63) is 66.6 Å². The van der Waals surface area contributed by atoms with E-state index in [0.29, 0.717) is 31.7 Å². The Morgan fingerprint density at radius 3 is 2.81 bits per heavy atom. The van der Waals surface area contributed by atoms with Crippen LogP contribution in [-0.4, -0.2) is 9.55 Å². The van der Waals surface area contributed by atoms with E-state index in [0.717, 1.165) is 22.9 Å². The smallest absolute Gasteiger partial charge is 0.336 e. The molecule has 0 radical (unpaired) electrons. The van der Waals surface area contributed by atoms with Crippen molar-refractivity contribution in [1.29, 1.82) is 0 Å². The van der Waals surface area contributed by atoms with Crippen molar-refractivity contribution >= 4 is 55.9 Å². The minimum atomic E-state index is -0.405. The van der Waals surface area contributed by atoms with Crippen LogP contribution in [0.4, 0.5) is 0 Å². The van der Waals surface area contributed by atoms with Gasteiger partial charge in [0.2, 0.25) is 0 Å². The summed E-state index contributed by atoms with van der Waals surface area (Å²) >= 11 is 9.19. The highest BCUT2D eigenvalue weighted by molar-refractivity contribution is 7.98. The van der Waals surface area contributed by atoms with Crippen LogP contribution in [0.15, 0.2) is 48.8 Å². The van der Waals surface area contributed by atoms with Crippen molar-refractivity contribution < 1.29 is 4.42 Å². The molecule has 0 aliphatic carbocycles. The first kappa shape index (κ1) is 18.3. The van der Waals surface area contributed by atoms with Crippen molar-refractivity contribution in [2.75, 3.05) is 0 Å². The van der Waals surface area contributed by atoms with Gasteiger partial charge in [0, 0.05) is 29.3 Å². The number of halogens is 1. The zero-order valence-corrected chi connectivity index (χ0v) is 17.0. The van der Waals surface area contributed by atoms with E-state index in [1.807, 2.05) is 24.4 Å². The normalized spacial score (nSPS) is 11.5. The average Bonchev–Trinajstić information content (AvgIpc) is 3.12. The molecule has 0 unspecified atom stereocenters. The monoisotopic (exact) mass is 418 g/mol. The molecule has 0 atom stereocenters. The lowest BCUT2D eigenvalue weighted by Crippen LogP contribution is -2.19. The van der Waals surface area contributed by atoms with Gasteiger partial charge in [-0.15, -0.1) is 11.3 Å². The minimum Gasteiger partial charge on any atom is -0.423 e. The fraction of sp³-hybridized carbons (Fsp3) is 0.211. The molecule has 0 aliphatic rings. The number of thiophene rings is 1. The molecule has 0 N–H and O–H groups in total. The molecule has 0 saturated heterocycles. The second-order valence-electron chi connectivity index (χ2n) is 6.07. The standard InChI is InChI=1S/C19H15ClN2O3S2/c1-3-10-6-15-13(8-14(10)20)11(7-16(23)25-15)9-27-19-21-17-12(4-5-26-17)18(24)22(19)2/h4-8H,3,9H2,1-2H3. The molecule has 0 fully saturated rings. The van der Waals surface area contributed by atoms with Crippen LogP contribution >= 0.6 is 34.7 Å². The number of aryl methyl sites for hydroxylation is 1. The topological polar surface area (TPSA) is 65.1 Å². The highest BCUT2D eigenvalue weighted by Gasteiger charge is 2.13. The molecule has 0 spiro atoms. The van der Waals surface area contributed by atoms with Crippen LogP contribution in [0.1, 0.15) is 18.1 Å². The van der Waals surface area contributed by atoms with Crippen LogP contribution in [0, 0.1) is 0 Å². The van der Waals surface area contributed by atoms with E-state index in [2.05, 4.69) is 4.98 Å². The summed E-state index contributed by atoms with van der Waals surface area (Å²) in [6, 6.07) is 6.91. The molecule has 0 saturated carbocycles. The first-order valence-electron chi connectivity index (χ1n) is 8.30. The van der Waals surface area contributed by atoms with Crippen LogP contribution in [0.25, 0.3) is 21.2 Å². The number of hydrogen-bond acceptors (Lipinski definition) is 6. The molecule has 27 heavy (non-hydrogen) atoms. The van der Waals surface area contributed by atoms with Gasteiger partial charge in [0.05, 0.1) is 5.39 Å². The third-order valence-corrected chi connectivity index (χ3v) is 6.64. The SMILES string of the molecule is CCc1cc2oc(=O)cc(CSc3nc4sccc4c(=O)n3C)c2cc1Cl. The predicted molar refractivity (Wildman–Crippen MR) is 111 cm³/mol. The van der Waals surface area contributed by atoms with Gasteiger partial charge in [-0.1, -0.05) is 30.3 Å². The van der Waals surface area contributed by atoms with Crippen LogP contribution in [0.2, 0.25) is 5.02 Å². The Hall–Kier alpha value is -2.09. The zero-order chi connectivity index (χ0) is 19.1. The van der Waals surface area contributed by atoms with Crippen molar-refractivity contribution in [3.8, 4) is 0 Å². The van der Waals surface area contributed by atoms with E-state index in [1.54, 1.807) is 13.1 Å². The summed E-state index contributed by atoms with van der Waals surface area (Å²) in [6.07, 6.45) is 0.754. The Bertz CT molecular complexity index is 1290. The maximum atomic E-state index is 12.4. The third kappa shape index (κ3) is 3.31. The first-order chi connectivity index (χ1) is 13.0. The molecule has 0 amide bonds. The van der Waals surface area contributed by atoms with Crippen LogP contribution < -0.4 is 11.2 Å². The number of nitrogens with zero attached hydrogens (tertiary/aromatic N) is 2. The van der Waals surface area contributed by atoms with Gasteiger partial charge < -0.3 is 4.42 Å². The molecular weight excluding hydrogens is 404 g/mol. The fourth-order valence-electron chi connectivity index (χ4n) is 2.93. The van der Waals surface area contributed by atoms with Gasteiger partial charge in [0.15, 0.2) is 5.16 Å². The first-order valence-corrected chi connectivity index (χ1v) is 10.5. The van der Waals surface area contributed by atoms with Crippen molar-refractivity contribution in [1.82, 2.24) is 9.55 Å². The molecule has 8 heteroatoms. The summed E-state index contributed by atoms with van der Waals surface area (Å²) < 4.78 is 6.89. The molecule has 4 rings (SSSR count). The molecule has 5 nitrogen and oxygen atoms in total. The molecule has 4 aromatic rings. The molecule has 0 bridgehead atoms. The van der Waals surface area contributed by atoms with Crippen LogP contribution in [0.3, 0.4) is 0 Å². The van der Waals surface area contributed by atoms with E-state index in [9.17, 15) is 9.59 Å². The van der Waals surface area contributed by atoms with Crippen molar-refractivity contribution in [3.63, 3.8) is 0 Å². The fourth-order valence-corrected chi connectivity index (χ4v) is 5.00. The predicted octanol–water partition coefficient (Wildman–Crippen LogP) is 4.61. The van der Waals surface area contributed by atoms with Gasteiger partial charge in [0.1, 0.15) is 10.4 Å². The lowest BCUT2D eigenvalue weighted by molar-refractivity contribution is 0.559. The molecule has 3 heterocycles. The maximum absolute atomic E-state index is 12.4. The Kier molecular flexibility index (Phi) is 4.84. The Labute approximate surface area is 167 Å². The molecule has 0 aliphatic heterocycles. The van der Waals surface area contributed by atoms with Crippen molar-refractivity contribution in [2.24, 2.45) is 7.05 Å². The van der Waals surface area contributed by atoms with Gasteiger partial charge in [-0.3, -0.25) is 9.36 Å². The lowest BCUT2D eigenvalue weighted by atomic mass is 10.1. The number of hydrogen-bond donors (Lipinski definition) is 0. The van der Waals surface area contributed by atoms with E-state index in [4.69, 9.17) is 16.0 Å².